The maximum absolute atomic E-state index is 13.7. The van der Waals surface area contributed by atoms with Gasteiger partial charge in [-0.2, -0.15) is 0 Å². The fourth-order valence-corrected chi connectivity index (χ4v) is 1.59. The van der Waals surface area contributed by atoms with E-state index in [1.54, 1.807) is 6.08 Å². The standard InChI is InChI=1S/C14H15ClF2/c1-4-10(6-5-9(2)3)11-7-8-12(15)14(17)13(11)16/h5-8H,4H2,1-3H3/b10-6+. The molecule has 1 rings (SSSR count). The highest BCUT2D eigenvalue weighted by Crippen LogP contribution is 2.27. The molecule has 1 aromatic carbocycles. The van der Waals surface area contributed by atoms with Crippen LogP contribution in [0.1, 0.15) is 32.8 Å². The van der Waals surface area contributed by atoms with E-state index in [9.17, 15) is 8.78 Å². The first-order valence-electron chi connectivity index (χ1n) is 5.45. The van der Waals surface area contributed by atoms with E-state index in [0.717, 1.165) is 11.1 Å². The van der Waals surface area contributed by atoms with Gasteiger partial charge in [-0.25, -0.2) is 8.78 Å². The Labute approximate surface area is 106 Å². The smallest absolute Gasteiger partial charge is 0.178 e. The van der Waals surface area contributed by atoms with E-state index < -0.39 is 11.6 Å². The molecule has 0 saturated carbocycles. The second-order valence-electron chi connectivity index (χ2n) is 4.01. The summed E-state index contributed by atoms with van der Waals surface area (Å²) in [5.41, 5.74) is 2.12. The molecule has 0 nitrogen and oxygen atoms in total. The van der Waals surface area contributed by atoms with Gasteiger partial charge in [-0.15, -0.1) is 0 Å². The third kappa shape index (κ3) is 3.40. The van der Waals surface area contributed by atoms with Crippen LogP contribution in [0.25, 0.3) is 5.57 Å². The van der Waals surface area contributed by atoms with Crippen LogP contribution < -0.4 is 0 Å². The van der Waals surface area contributed by atoms with E-state index >= 15 is 0 Å². The molecule has 1 aromatic rings. The van der Waals surface area contributed by atoms with Crippen LogP contribution in [0.5, 0.6) is 0 Å². The van der Waals surface area contributed by atoms with E-state index in [1.807, 2.05) is 26.8 Å². The van der Waals surface area contributed by atoms with Crippen LogP contribution >= 0.6 is 11.6 Å². The average molecular weight is 257 g/mol. The van der Waals surface area contributed by atoms with Gasteiger partial charge < -0.3 is 0 Å². The molecule has 0 unspecified atom stereocenters. The van der Waals surface area contributed by atoms with Crippen LogP contribution in [0.2, 0.25) is 5.02 Å². The van der Waals surface area contributed by atoms with Crippen molar-refractivity contribution >= 4 is 17.2 Å². The zero-order valence-electron chi connectivity index (χ0n) is 10.2. The number of hydrogen-bond acceptors (Lipinski definition) is 0. The number of hydrogen-bond donors (Lipinski definition) is 0. The summed E-state index contributed by atoms with van der Waals surface area (Å²) < 4.78 is 27.0. The van der Waals surface area contributed by atoms with Crippen molar-refractivity contribution in [3.63, 3.8) is 0 Å². The van der Waals surface area contributed by atoms with Gasteiger partial charge in [0.2, 0.25) is 0 Å². The Bertz CT molecular complexity index is 469. The number of halogens is 3. The molecule has 17 heavy (non-hydrogen) atoms. The van der Waals surface area contributed by atoms with Gasteiger partial charge >= 0.3 is 0 Å². The molecule has 0 N–H and O–H groups in total. The Morgan fingerprint density at radius 2 is 1.82 bits per heavy atom. The molecule has 0 radical (unpaired) electrons. The Morgan fingerprint density at radius 1 is 1.18 bits per heavy atom. The fraction of sp³-hybridized carbons (Fsp3) is 0.286. The summed E-state index contributed by atoms with van der Waals surface area (Å²) in [6.07, 6.45) is 4.31. The van der Waals surface area contributed by atoms with Gasteiger partial charge in [0.05, 0.1) is 5.02 Å². The van der Waals surface area contributed by atoms with E-state index in [4.69, 9.17) is 11.6 Å². The van der Waals surface area contributed by atoms with Crippen LogP contribution in [0.15, 0.2) is 29.9 Å². The number of allylic oxidation sites excluding steroid dienone is 4. The average Bonchev–Trinajstić information content (AvgIpc) is 2.29. The molecule has 92 valence electrons. The Balaban J connectivity index is 3.27. The molecule has 0 saturated heterocycles. The van der Waals surface area contributed by atoms with Crippen LogP contribution in [0.4, 0.5) is 8.78 Å². The van der Waals surface area contributed by atoms with Crippen molar-refractivity contribution in [2.24, 2.45) is 0 Å². The van der Waals surface area contributed by atoms with Gasteiger partial charge in [0.1, 0.15) is 0 Å². The van der Waals surface area contributed by atoms with Crippen LogP contribution in [-0.2, 0) is 0 Å². The monoisotopic (exact) mass is 256 g/mol. The summed E-state index contributed by atoms with van der Waals surface area (Å²) in [6, 6.07) is 2.89. The van der Waals surface area contributed by atoms with E-state index in [0.29, 0.717) is 6.42 Å². The molecule has 0 aromatic heterocycles. The van der Waals surface area contributed by atoms with Crippen LogP contribution in [-0.4, -0.2) is 0 Å². The zero-order valence-corrected chi connectivity index (χ0v) is 10.9. The summed E-state index contributed by atoms with van der Waals surface area (Å²) in [4.78, 5) is 0. The minimum absolute atomic E-state index is 0.191. The van der Waals surface area contributed by atoms with Crippen LogP contribution in [0, 0.1) is 11.6 Å². The lowest BCUT2D eigenvalue weighted by Gasteiger charge is -2.07. The third-order valence-corrected chi connectivity index (χ3v) is 2.67. The van der Waals surface area contributed by atoms with Crippen molar-refractivity contribution in [1.29, 1.82) is 0 Å². The highest BCUT2D eigenvalue weighted by molar-refractivity contribution is 6.30. The Hall–Kier alpha value is -1.15. The van der Waals surface area contributed by atoms with Crippen molar-refractivity contribution in [3.05, 3.63) is 52.1 Å². The quantitative estimate of drug-likeness (QED) is 0.503. The molecular weight excluding hydrogens is 242 g/mol. The summed E-state index contributed by atoms with van der Waals surface area (Å²) in [6.45, 7) is 5.79. The molecular formula is C14H15ClF2. The van der Waals surface area contributed by atoms with Crippen molar-refractivity contribution < 1.29 is 8.78 Å². The van der Waals surface area contributed by atoms with Gasteiger partial charge in [-0.3, -0.25) is 0 Å². The predicted octanol–water partition coefficient (Wildman–Crippen LogP) is 5.38. The van der Waals surface area contributed by atoms with E-state index in [2.05, 4.69) is 0 Å². The maximum Gasteiger partial charge on any atom is 0.178 e. The lowest BCUT2D eigenvalue weighted by molar-refractivity contribution is 0.506. The molecule has 0 bridgehead atoms. The first-order valence-corrected chi connectivity index (χ1v) is 5.83. The highest BCUT2D eigenvalue weighted by Gasteiger charge is 2.13. The lowest BCUT2D eigenvalue weighted by atomic mass is 10.0. The van der Waals surface area contributed by atoms with Crippen molar-refractivity contribution in [2.75, 3.05) is 0 Å². The summed E-state index contributed by atoms with van der Waals surface area (Å²) in [7, 11) is 0. The summed E-state index contributed by atoms with van der Waals surface area (Å²) >= 11 is 5.51. The fourth-order valence-electron chi connectivity index (χ4n) is 1.44. The molecule has 0 aliphatic carbocycles. The second-order valence-corrected chi connectivity index (χ2v) is 4.42. The SMILES string of the molecule is CC/C(=C\C=C(C)C)c1ccc(Cl)c(F)c1F. The molecule has 0 aliphatic heterocycles. The van der Waals surface area contributed by atoms with E-state index in [-0.39, 0.29) is 10.6 Å². The second kappa shape index (κ2) is 5.97. The zero-order chi connectivity index (χ0) is 13.0. The third-order valence-electron chi connectivity index (χ3n) is 2.38. The molecule has 3 heteroatoms. The van der Waals surface area contributed by atoms with Gasteiger partial charge in [-0.1, -0.05) is 42.3 Å². The normalized spacial score (nSPS) is 11.5. The minimum atomic E-state index is -0.985. The Morgan fingerprint density at radius 3 is 2.35 bits per heavy atom. The Kier molecular flexibility index (Phi) is 4.88. The predicted molar refractivity (Wildman–Crippen MR) is 69.1 cm³/mol. The van der Waals surface area contributed by atoms with Crippen LogP contribution in [0.3, 0.4) is 0 Å². The van der Waals surface area contributed by atoms with Gasteiger partial charge in [0.25, 0.3) is 0 Å². The molecule has 0 heterocycles. The molecule has 0 amide bonds. The lowest BCUT2D eigenvalue weighted by Crippen LogP contribution is -1.94. The topological polar surface area (TPSA) is 0 Å². The molecule has 0 spiro atoms. The van der Waals surface area contributed by atoms with Crippen molar-refractivity contribution in [1.82, 2.24) is 0 Å². The van der Waals surface area contributed by atoms with E-state index in [1.165, 1.54) is 12.1 Å². The summed E-state index contributed by atoms with van der Waals surface area (Å²) in [5.74, 6) is -1.87. The van der Waals surface area contributed by atoms with Crippen molar-refractivity contribution in [3.8, 4) is 0 Å². The molecule has 0 aliphatic rings. The van der Waals surface area contributed by atoms with Gasteiger partial charge in [-0.05, 0) is 31.9 Å². The summed E-state index contributed by atoms with van der Waals surface area (Å²) in [5, 5.41) is -0.191. The van der Waals surface area contributed by atoms with Crippen molar-refractivity contribution in [2.45, 2.75) is 27.2 Å². The number of benzene rings is 1. The largest absolute Gasteiger partial charge is 0.203 e. The molecule has 0 atom stereocenters. The highest BCUT2D eigenvalue weighted by atomic mass is 35.5. The van der Waals surface area contributed by atoms with Gasteiger partial charge in [0, 0.05) is 5.56 Å². The van der Waals surface area contributed by atoms with Gasteiger partial charge in [0.15, 0.2) is 11.6 Å². The molecule has 0 fully saturated rings. The first kappa shape index (κ1) is 13.9. The maximum atomic E-state index is 13.7. The minimum Gasteiger partial charge on any atom is -0.203 e. The number of rotatable bonds is 3. The first-order chi connectivity index (χ1) is 7.97.